The van der Waals surface area contributed by atoms with Gasteiger partial charge in [-0.1, -0.05) is 46.2 Å². The van der Waals surface area contributed by atoms with Crippen molar-refractivity contribution in [2.75, 3.05) is 6.54 Å². The van der Waals surface area contributed by atoms with Crippen molar-refractivity contribution in [1.82, 2.24) is 5.32 Å². The Hall–Kier alpha value is -0.470. The Morgan fingerprint density at radius 1 is 1.14 bits per heavy atom. The fraction of sp³-hybridized carbons (Fsp3) is 0.684. The van der Waals surface area contributed by atoms with Crippen LogP contribution in [0.2, 0.25) is 0 Å². The van der Waals surface area contributed by atoms with E-state index in [9.17, 15) is 0 Å². The smallest absolute Gasteiger partial charge is 0.0109 e. The molecular weight excluding hydrogens is 274 g/mol. The van der Waals surface area contributed by atoms with Gasteiger partial charge in [0.2, 0.25) is 0 Å². The molecule has 2 unspecified atom stereocenters. The molecule has 2 rings (SSSR count). The van der Waals surface area contributed by atoms with E-state index >= 15 is 0 Å². The summed E-state index contributed by atoms with van der Waals surface area (Å²) in [5.41, 5.74) is 1.68. The Balaban J connectivity index is 1.89. The van der Waals surface area contributed by atoms with Crippen molar-refractivity contribution in [3.63, 3.8) is 0 Å². The van der Waals surface area contributed by atoms with Crippen LogP contribution in [0.15, 0.2) is 29.2 Å². The highest BCUT2D eigenvalue weighted by molar-refractivity contribution is 8.00. The lowest BCUT2D eigenvalue weighted by atomic mass is 9.87. The standard InChI is InChI=1S/C19H31NS/c1-5-13-20-16-7-6-8-18(14-16)21-17-11-9-15(10-12-17)19(2,3)4/h9-12,16,18,20H,5-8,13-14H2,1-4H3. The minimum Gasteiger partial charge on any atom is -0.314 e. The highest BCUT2D eigenvalue weighted by Crippen LogP contribution is 2.34. The molecule has 21 heavy (non-hydrogen) atoms. The van der Waals surface area contributed by atoms with E-state index in [0.717, 1.165) is 11.3 Å². The summed E-state index contributed by atoms with van der Waals surface area (Å²) in [6, 6.07) is 9.98. The number of nitrogens with one attached hydrogen (secondary N) is 1. The first-order valence-corrected chi connectivity index (χ1v) is 9.37. The van der Waals surface area contributed by atoms with Crippen molar-refractivity contribution in [1.29, 1.82) is 0 Å². The topological polar surface area (TPSA) is 12.0 Å². The van der Waals surface area contributed by atoms with Crippen molar-refractivity contribution >= 4 is 11.8 Å². The van der Waals surface area contributed by atoms with Crippen molar-refractivity contribution in [2.24, 2.45) is 0 Å². The van der Waals surface area contributed by atoms with E-state index in [1.165, 1.54) is 49.1 Å². The summed E-state index contributed by atoms with van der Waals surface area (Å²) < 4.78 is 0. The predicted molar refractivity (Wildman–Crippen MR) is 95.3 cm³/mol. The second-order valence-electron chi connectivity index (χ2n) is 7.33. The lowest BCUT2D eigenvalue weighted by molar-refractivity contribution is 0.381. The maximum atomic E-state index is 3.70. The van der Waals surface area contributed by atoms with Gasteiger partial charge in [0.05, 0.1) is 0 Å². The van der Waals surface area contributed by atoms with Gasteiger partial charge in [-0.3, -0.25) is 0 Å². The Morgan fingerprint density at radius 2 is 1.86 bits per heavy atom. The van der Waals surface area contributed by atoms with Crippen LogP contribution in [0.4, 0.5) is 0 Å². The maximum absolute atomic E-state index is 3.70. The Morgan fingerprint density at radius 3 is 2.48 bits per heavy atom. The molecule has 1 aliphatic carbocycles. The zero-order valence-corrected chi connectivity index (χ0v) is 14.9. The molecule has 1 saturated carbocycles. The van der Waals surface area contributed by atoms with Gasteiger partial charge < -0.3 is 5.32 Å². The van der Waals surface area contributed by atoms with Gasteiger partial charge in [-0.15, -0.1) is 11.8 Å². The zero-order valence-electron chi connectivity index (χ0n) is 14.1. The zero-order chi connectivity index (χ0) is 15.3. The summed E-state index contributed by atoms with van der Waals surface area (Å²) in [7, 11) is 0. The molecule has 1 N–H and O–H groups in total. The van der Waals surface area contributed by atoms with E-state index in [0.29, 0.717) is 0 Å². The highest BCUT2D eigenvalue weighted by atomic mass is 32.2. The third-order valence-corrected chi connectivity index (χ3v) is 5.64. The molecule has 1 fully saturated rings. The minimum absolute atomic E-state index is 0.253. The van der Waals surface area contributed by atoms with Crippen LogP contribution in [-0.2, 0) is 5.41 Å². The number of hydrogen-bond acceptors (Lipinski definition) is 2. The molecule has 2 atom stereocenters. The van der Waals surface area contributed by atoms with Crippen LogP contribution in [0.5, 0.6) is 0 Å². The summed E-state index contributed by atoms with van der Waals surface area (Å²) in [5.74, 6) is 0. The third-order valence-electron chi connectivity index (χ3n) is 4.33. The number of benzene rings is 1. The lowest BCUT2D eigenvalue weighted by Gasteiger charge is -2.29. The Bertz CT molecular complexity index is 418. The van der Waals surface area contributed by atoms with Crippen LogP contribution < -0.4 is 5.32 Å². The molecular formula is C19H31NS. The van der Waals surface area contributed by atoms with Crippen LogP contribution in [0, 0.1) is 0 Å². The van der Waals surface area contributed by atoms with Crippen LogP contribution >= 0.6 is 11.8 Å². The first-order chi connectivity index (χ1) is 9.99. The molecule has 0 amide bonds. The minimum atomic E-state index is 0.253. The van der Waals surface area contributed by atoms with Crippen molar-refractivity contribution in [2.45, 2.75) is 81.4 Å². The SMILES string of the molecule is CCCNC1CCCC(Sc2ccc(C(C)(C)C)cc2)C1. The van der Waals surface area contributed by atoms with Gasteiger partial charge in [0, 0.05) is 16.2 Å². The molecule has 2 heteroatoms. The van der Waals surface area contributed by atoms with E-state index in [-0.39, 0.29) is 5.41 Å². The van der Waals surface area contributed by atoms with Crippen molar-refractivity contribution in [3.8, 4) is 0 Å². The molecule has 0 spiro atoms. The second-order valence-corrected chi connectivity index (χ2v) is 8.71. The van der Waals surface area contributed by atoms with Gasteiger partial charge >= 0.3 is 0 Å². The molecule has 1 nitrogen and oxygen atoms in total. The molecule has 0 aromatic heterocycles. The van der Waals surface area contributed by atoms with Gasteiger partial charge in [-0.05, 0) is 55.3 Å². The van der Waals surface area contributed by atoms with Crippen LogP contribution in [0.1, 0.15) is 65.4 Å². The summed E-state index contributed by atoms with van der Waals surface area (Å²) in [4.78, 5) is 1.43. The maximum Gasteiger partial charge on any atom is 0.0109 e. The van der Waals surface area contributed by atoms with Crippen LogP contribution in [0.3, 0.4) is 0 Å². The normalized spacial score (nSPS) is 23.2. The van der Waals surface area contributed by atoms with Gasteiger partial charge in [0.15, 0.2) is 0 Å². The quantitative estimate of drug-likeness (QED) is 0.783. The average Bonchev–Trinajstić information content (AvgIpc) is 2.45. The molecule has 118 valence electrons. The van der Waals surface area contributed by atoms with E-state index in [1.807, 2.05) is 0 Å². The van der Waals surface area contributed by atoms with Gasteiger partial charge in [0.25, 0.3) is 0 Å². The monoisotopic (exact) mass is 305 g/mol. The molecule has 1 aromatic rings. The largest absolute Gasteiger partial charge is 0.314 e. The molecule has 0 saturated heterocycles. The molecule has 0 bridgehead atoms. The molecule has 1 aromatic carbocycles. The Labute approximate surface area is 135 Å². The van der Waals surface area contributed by atoms with Gasteiger partial charge in [-0.25, -0.2) is 0 Å². The van der Waals surface area contributed by atoms with E-state index in [4.69, 9.17) is 0 Å². The van der Waals surface area contributed by atoms with Crippen LogP contribution in [0.25, 0.3) is 0 Å². The van der Waals surface area contributed by atoms with E-state index < -0.39 is 0 Å². The first kappa shape index (κ1) is 16.9. The van der Waals surface area contributed by atoms with Crippen LogP contribution in [-0.4, -0.2) is 17.8 Å². The first-order valence-electron chi connectivity index (χ1n) is 8.49. The lowest BCUT2D eigenvalue weighted by Crippen LogP contribution is -2.35. The van der Waals surface area contributed by atoms with E-state index in [2.05, 4.69) is 69.0 Å². The average molecular weight is 306 g/mol. The van der Waals surface area contributed by atoms with Crippen molar-refractivity contribution < 1.29 is 0 Å². The number of hydrogen-bond donors (Lipinski definition) is 1. The van der Waals surface area contributed by atoms with E-state index in [1.54, 1.807) is 0 Å². The molecule has 0 radical (unpaired) electrons. The predicted octanol–water partition coefficient (Wildman–Crippen LogP) is 5.39. The highest BCUT2D eigenvalue weighted by Gasteiger charge is 2.22. The molecule has 0 aliphatic heterocycles. The molecule has 1 aliphatic rings. The number of thioether (sulfide) groups is 1. The Kier molecular flexibility index (Phi) is 6.19. The fourth-order valence-electron chi connectivity index (χ4n) is 3.01. The molecule has 0 heterocycles. The summed E-state index contributed by atoms with van der Waals surface area (Å²) >= 11 is 2.08. The third kappa shape index (κ3) is 5.34. The summed E-state index contributed by atoms with van der Waals surface area (Å²) in [6.45, 7) is 10.3. The second kappa shape index (κ2) is 7.69. The number of rotatable bonds is 5. The van der Waals surface area contributed by atoms with Crippen molar-refractivity contribution in [3.05, 3.63) is 29.8 Å². The summed E-state index contributed by atoms with van der Waals surface area (Å²) in [6.07, 6.45) is 6.67. The fourth-order valence-corrected chi connectivity index (χ4v) is 4.30. The summed E-state index contributed by atoms with van der Waals surface area (Å²) in [5, 5.41) is 4.49. The van der Waals surface area contributed by atoms with Gasteiger partial charge in [0.1, 0.15) is 0 Å². The van der Waals surface area contributed by atoms with Gasteiger partial charge in [-0.2, -0.15) is 0 Å².